The smallest absolute Gasteiger partial charge is 0.276 e. The average molecular weight is 428 g/mol. The zero-order chi connectivity index (χ0) is 21.3. The van der Waals surface area contributed by atoms with Gasteiger partial charge in [0.15, 0.2) is 11.5 Å². The number of carbonyl (C=O) groups excluding carboxylic acids is 2. The van der Waals surface area contributed by atoms with E-state index in [4.69, 9.17) is 4.52 Å². The van der Waals surface area contributed by atoms with E-state index in [1.807, 2.05) is 19.2 Å². The van der Waals surface area contributed by atoms with Crippen LogP contribution in [0.25, 0.3) is 11.3 Å². The first-order valence-corrected chi connectivity index (χ1v) is 10.5. The van der Waals surface area contributed by atoms with Crippen molar-refractivity contribution in [1.82, 2.24) is 20.4 Å². The van der Waals surface area contributed by atoms with E-state index in [0.717, 1.165) is 5.01 Å². The van der Waals surface area contributed by atoms with Crippen LogP contribution in [0.15, 0.2) is 46.4 Å². The summed E-state index contributed by atoms with van der Waals surface area (Å²) in [6.45, 7) is 4.31. The number of rotatable bonds is 5. The Hall–Kier alpha value is -3.07. The van der Waals surface area contributed by atoms with E-state index in [1.165, 1.54) is 29.5 Å². The second-order valence-corrected chi connectivity index (χ2v) is 8.54. The maximum atomic E-state index is 13.3. The number of piperazine rings is 1. The van der Waals surface area contributed by atoms with Gasteiger partial charge in [0.2, 0.25) is 5.91 Å². The number of aromatic nitrogens is 2. The molecule has 0 aliphatic carbocycles. The van der Waals surface area contributed by atoms with Crippen molar-refractivity contribution in [3.05, 3.63) is 58.4 Å². The fourth-order valence-corrected chi connectivity index (χ4v) is 4.18. The topological polar surface area (TPSA) is 88.3 Å². The molecule has 2 aromatic heterocycles. The van der Waals surface area contributed by atoms with Gasteiger partial charge in [-0.2, -0.15) is 0 Å². The van der Waals surface area contributed by atoms with E-state index < -0.39 is 6.04 Å². The molecule has 3 heterocycles. The van der Waals surface area contributed by atoms with Gasteiger partial charge >= 0.3 is 0 Å². The van der Waals surface area contributed by atoms with Crippen molar-refractivity contribution in [2.24, 2.45) is 5.92 Å². The highest BCUT2D eigenvalue weighted by atomic mass is 32.1. The first-order chi connectivity index (χ1) is 14.4. The molecular formula is C21H21FN4O3S. The lowest BCUT2D eigenvalue weighted by Crippen LogP contribution is -2.58. The van der Waals surface area contributed by atoms with Crippen LogP contribution in [0.1, 0.15) is 41.8 Å². The van der Waals surface area contributed by atoms with Crippen LogP contribution in [0.2, 0.25) is 0 Å². The summed E-state index contributed by atoms with van der Waals surface area (Å²) in [5.74, 6) is -0.366. The van der Waals surface area contributed by atoms with E-state index in [1.54, 1.807) is 23.2 Å². The number of nitrogens with one attached hydrogen (secondary N) is 1. The number of hydrogen-bond acceptors (Lipinski definition) is 6. The molecule has 2 atom stereocenters. The van der Waals surface area contributed by atoms with Gasteiger partial charge in [0.25, 0.3) is 5.91 Å². The van der Waals surface area contributed by atoms with Gasteiger partial charge in [-0.15, -0.1) is 11.3 Å². The Bertz CT molecular complexity index is 1030. The molecule has 4 rings (SSSR count). The van der Waals surface area contributed by atoms with Crippen LogP contribution in [-0.4, -0.2) is 39.4 Å². The van der Waals surface area contributed by atoms with Crippen LogP contribution in [-0.2, 0) is 4.79 Å². The SMILES string of the molecule is CC(C)C[C@H]1C(=O)N[C@@H](c2nccs2)CN1C(=O)c1cc(-c2ccc(F)cc2)on1. The zero-order valence-corrected chi connectivity index (χ0v) is 17.4. The molecule has 2 amide bonds. The standard InChI is InChI=1S/C21H21FN4O3S/c1-12(2)9-17-19(27)24-16(20-23-7-8-30-20)11-26(17)21(28)15-10-18(29-25-15)13-3-5-14(22)6-4-13/h3-8,10,12,16-17H,9,11H2,1-2H3,(H,24,27)/t16-,17+/m1/s1. The van der Waals surface area contributed by atoms with E-state index in [-0.39, 0.29) is 35.3 Å². The fourth-order valence-electron chi connectivity index (χ4n) is 3.50. The summed E-state index contributed by atoms with van der Waals surface area (Å²) >= 11 is 1.43. The summed E-state index contributed by atoms with van der Waals surface area (Å²) in [6, 6.07) is 6.29. The molecule has 0 bridgehead atoms. The summed E-state index contributed by atoms with van der Waals surface area (Å²) in [7, 11) is 0. The third-order valence-electron chi connectivity index (χ3n) is 4.94. The highest BCUT2D eigenvalue weighted by Gasteiger charge is 2.40. The molecule has 0 unspecified atom stereocenters. The van der Waals surface area contributed by atoms with Crippen LogP contribution in [0.5, 0.6) is 0 Å². The van der Waals surface area contributed by atoms with Crippen LogP contribution >= 0.6 is 11.3 Å². The lowest BCUT2D eigenvalue weighted by Gasteiger charge is -2.39. The second-order valence-electron chi connectivity index (χ2n) is 7.62. The zero-order valence-electron chi connectivity index (χ0n) is 16.5. The monoisotopic (exact) mass is 428 g/mol. The summed E-state index contributed by atoms with van der Waals surface area (Å²) in [5.41, 5.74) is 0.717. The molecule has 30 heavy (non-hydrogen) atoms. The minimum Gasteiger partial charge on any atom is -0.355 e. The first-order valence-electron chi connectivity index (χ1n) is 9.65. The number of amides is 2. The Morgan fingerprint density at radius 3 is 2.80 bits per heavy atom. The van der Waals surface area contributed by atoms with Crippen molar-refractivity contribution in [1.29, 1.82) is 0 Å². The van der Waals surface area contributed by atoms with Crippen LogP contribution in [0.4, 0.5) is 4.39 Å². The lowest BCUT2D eigenvalue weighted by atomic mass is 9.98. The number of hydrogen-bond donors (Lipinski definition) is 1. The molecule has 3 aromatic rings. The van der Waals surface area contributed by atoms with Gasteiger partial charge in [0.1, 0.15) is 16.9 Å². The van der Waals surface area contributed by atoms with Gasteiger partial charge < -0.3 is 14.7 Å². The summed E-state index contributed by atoms with van der Waals surface area (Å²) in [5, 5.41) is 9.47. The predicted molar refractivity (Wildman–Crippen MR) is 109 cm³/mol. The molecular weight excluding hydrogens is 407 g/mol. The average Bonchev–Trinajstić information content (AvgIpc) is 3.41. The molecule has 156 valence electrons. The Kier molecular flexibility index (Phi) is 5.63. The highest BCUT2D eigenvalue weighted by Crippen LogP contribution is 2.28. The third kappa shape index (κ3) is 4.11. The van der Waals surface area contributed by atoms with Gasteiger partial charge in [-0.25, -0.2) is 9.37 Å². The second kappa shape index (κ2) is 8.35. The molecule has 1 aliphatic rings. The fraction of sp³-hybridized carbons (Fsp3) is 0.333. The Labute approximate surface area is 176 Å². The molecule has 1 N–H and O–H groups in total. The maximum Gasteiger partial charge on any atom is 0.276 e. The number of carbonyl (C=O) groups is 2. The Morgan fingerprint density at radius 2 is 2.13 bits per heavy atom. The molecule has 0 radical (unpaired) electrons. The normalized spacial score (nSPS) is 19.2. The van der Waals surface area contributed by atoms with E-state index >= 15 is 0 Å². The van der Waals surface area contributed by atoms with Gasteiger partial charge in [-0.05, 0) is 36.6 Å². The van der Waals surface area contributed by atoms with E-state index in [2.05, 4.69) is 15.5 Å². The molecule has 0 saturated carbocycles. The largest absolute Gasteiger partial charge is 0.355 e. The van der Waals surface area contributed by atoms with Crippen LogP contribution < -0.4 is 5.32 Å². The first kappa shape index (κ1) is 20.2. The van der Waals surface area contributed by atoms with Gasteiger partial charge in [0.05, 0.1) is 6.04 Å². The van der Waals surface area contributed by atoms with Crippen molar-refractivity contribution >= 4 is 23.2 Å². The predicted octanol–water partition coefficient (Wildman–Crippen LogP) is 3.67. The van der Waals surface area contributed by atoms with E-state index in [9.17, 15) is 14.0 Å². The lowest BCUT2D eigenvalue weighted by molar-refractivity contribution is -0.130. The minimum atomic E-state index is -0.598. The molecule has 0 spiro atoms. The molecule has 1 aromatic carbocycles. The highest BCUT2D eigenvalue weighted by molar-refractivity contribution is 7.09. The maximum absolute atomic E-state index is 13.3. The molecule has 1 fully saturated rings. The molecule has 1 saturated heterocycles. The minimum absolute atomic E-state index is 0.107. The Morgan fingerprint density at radius 1 is 1.37 bits per heavy atom. The number of nitrogens with zero attached hydrogens (tertiary/aromatic N) is 3. The molecule has 7 nitrogen and oxygen atoms in total. The van der Waals surface area contributed by atoms with Gasteiger partial charge in [-0.1, -0.05) is 19.0 Å². The third-order valence-corrected chi connectivity index (χ3v) is 5.83. The Balaban J connectivity index is 1.61. The van der Waals surface area contributed by atoms with Crippen LogP contribution in [0.3, 0.4) is 0 Å². The van der Waals surface area contributed by atoms with E-state index in [0.29, 0.717) is 24.3 Å². The van der Waals surface area contributed by atoms with Crippen molar-refractivity contribution in [3.8, 4) is 11.3 Å². The number of thiazole rings is 1. The quantitative estimate of drug-likeness (QED) is 0.670. The number of benzene rings is 1. The van der Waals surface area contributed by atoms with Gasteiger partial charge in [-0.3, -0.25) is 9.59 Å². The van der Waals surface area contributed by atoms with Crippen molar-refractivity contribution < 1.29 is 18.5 Å². The van der Waals surface area contributed by atoms with Crippen molar-refractivity contribution in [2.45, 2.75) is 32.4 Å². The van der Waals surface area contributed by atoms with Crippen LogP contribution in [0, 0.1) is 11.7 Å². The summed E-state index contributed by atoms with van der Waals surface area (Å²) < 4.78 is 18.5. The molecule has 9 heteroatoms. The summed E-state index contributed by atoms with van der Waals surface area (Å²) in [6.07, 6.45) is 2.20. The van der Waals surface area contributed by atoms with Gasteiger partial charge in [0, 0.05) is 29.8 Å². The van der Waals surface area contributed by atoms with Crippen molar-refractivity contribution in [2.75, 3.05) is 6.54 Å². The number of halogens is 1. The van der Waals surface area contributed by atoms with Crippen molar-refractivity contribution in [3.63, 3.8) is 0 Å². The summed E-state index contributed by atoms with van der Waals surface area (Å²) in [4.78, 5) is 32.0. The molecule has 1 aliphatic heterocycles.